The number of ether oxygens (including phenoxy) is 1. The summed E-state index contributed by atoms with van der Waals surface area (Å²) in [5, 5.41) is 0. The van der Waals surface area contributed by atoms with Crippen LogP contribution in [0.1, 0.15) is 13.3 Å². The maximum Gasteiger partial charge on any atom is 0.538 e. The second kappa shape index (κ2) is 9.46. The van der Waals surface area contributed by atoms with Crippen LogP contribution in [0.4, 0.5) is 0 Å². The molecule has 0 rings (SSSR count). The summed E-state index contributed by atoms with van der Waals surface area (Å²) in [6.45, 7) is 5.37. The quantitative estimate of drug-likeness (QED) is 0.242. The van der Waals surface area contributed by atoms with Crippen molar-refractivity contribution in [1.29, 1.82) is 0 Å². The van der Waals surface area contributed by atoms with Crippen LogP contribution in [0.25, 0.3) is 0 Å². The zero-order valence-electron chi connectivity index (χ0n) is 13.7. The molecular formula is C12H26O7Si2. The lowest BCUT2D eigenvalue weighted by Gasteiger charge is -2.38. The lowest BCUT2D eigenvalue weighted by atomic mass is 10.4. The third-order valence-electron chi connectivity index (χ3n) is 3.16. The molecule has 0 saturated carbocycles. The average molecular weight is 339 g/mol. The van der Waals surface area contributed by atoms with Crippen LogP contribution in [-0.4, -0.2) is 64.5 Å². The highest BCUT2D eigenvalue weighted by Gasteiger charge is 2.66. The molecule has 0 heterocycles. The fourth-order valence-electron chi connectivity index (χ4n) is 2.00. The molecule has 0 aliphatic carbocycles. The minimum Gasteiger partial charge on any atom is -0.462 e. The number of rotatable bonds is 11. The highest BCUT2D eigenvalue weighted by molar-refractivity contribution is 7.29. The molecular weight excluding hydrogens is 312 g/mol. The number of esters is 1. The van der Waals surface area contributed by atoms with Gasteiger partial charge in [-0.2, -0.15) is 0 Å². The van der Waals surface area contributed by atoms with Gasteiger partial charge in [-0.25, -0.2) is 4.79 Å². The van der Waals surface area contributed by atoms with Crippen molar-refractivity contribution in [2.24, 2.45) is 0 Å². The van der Waals surface area contributed by atoms with Gasteiger partial charge in [0.05, 0.1) is 6.61 Å². The summed E-state index contributed by atoms with van der Waals surface area (Å²) in [4.78, 5) is 11.3. The zero-order valence-corrected chi connectivity index (χ0v) is 15.7. The summed E-state index contributed by atoms with van der Waals surface area (Å²) >= 11 is 0. The van der Waals surface area contributed by atoms with Crippen molar-refractivity contribution < 1.29 is 31.7 Å². The van der Waals surface area contributed by atoms with Gasteiger partial charge in [0.25, 0.3) is 0 Å². The van der Waals surface area contributed by atoms with Crippen LogP contribution >= 0.6 is 0 Å². The topological polar surface area (TPSA) is 72.5 Å². The van der Waals surface area contributed by atoms with E-state index in [1.54, 1.807) is 21.1 Å². The molecule has 0 bridgehead atoms. The van der Waals surface area contributed by atoms with E-state index in [9.17, 15) is 4.79 Å². The summed E-state index contributed by atoms with van der Waals surface area (Å²) in [6.07, 6.45) is 0.553. The van der Waals surface area contributed by atoms with E-state index >= 15 is 0 Å². The molecule has 21 heavy (non-hydrogen) atoms. The highest BCUT2D eigenvalue weighted by Crippen LogP contribution is 2.28. The van der Waals surface area contributed by atoms with E-state index in [0.717, 1.165) is 0 Å². The Hall–Kier alpha value is -0.556. The Bertz CT molecular complexity index is 332. The zero-order chi connectivity index (χ0) is 16.5. The number of carbonyl (C=O) groups is 1. The minimum absolute atomic E-state index is 0.245. The van der Waals surface area contributed by atoms with E-state index in [-0.39, 0.29) is 6.61 Å². The number of hydrogen-bond acceptors (Lipinski definition) is 7. The lowest BCUT2D eigenvalue weighted by Crippen LogP contribution is -2.70. The molecule has 7 nitrogen and oxygen atoms in total. The van der Waals surface area contributed by atoms with E-state index < -0.39 is 22.4 Å². The van der Waals surface area contributed by atoms with Gasteiger partial charge in [-0.1, -0.05) is 6.58 Å². The molecule has 124 valence electrons. The molecule has 0 amide bonds. The van der Waals surface area contributed by atoms with Crippen LogP contribution in [0.3, 0.4) is 0 Å². The first-order chi connectivity index (χ1) is 9.88. The molecule has 0 N–H and O–H groups in total. The van der Waals surface area contributed by atoms with E-state index in [1.165, 1.54) is 21.3 Å². The Labute approximate surface area is 128 Å². The summed E-state index contributed by atoms with van der Waals surface area (Å²) in [6, 6.07) is 0.519. The SMILES string of the molecule is C=C(C)C(=O)OCCC[Si](OC)(OC)[Si](OC)(OC)OC. The van der Waals surface area contributed by atoms with Crippen LogP contribution < -0.4 is 0 Å². The second-order valence-corrected chi connectivity index (χ2v) is 13.6. The smallest absolute Gasteiger partial charge is 0.462 e. The van der Waals surface area contributed by atoms with Crippen LogP contribution in [0.5, 0.6) is 0 Å². The molecule has 0 unspecified atom stereocenters. The van der Waals surface area contributed by atoms with Crippen LogP contribution in [0.2, 0.25) is 6.04 Å². The van der Waals surface area contributed by atoms with Gasteiger partial charge < -0.3 is 26.9 Å². The normalized spacial score (nSPS) is 12.3. The van der Waals surface area contributed by atoms with E-state index in [4.69, 9.17) is 26.9 Å². The number of hydrogen-bond donors (Lipinski definition) is 0. The highest BCUT2D eigenvalue weighted by atomic mass is 29.3. The summed E-state index contributed by atoms with van der Waals surface area (Å²) in [5.74, 6) is -0.411. The predicted octanol–water partition coefficient (Wildman–Crippen LogP) is 1.19. The molecule has 0 radical (unpaired) electrons. The van der Waals surface area contributed by atoms with Gasteiger partial charge in [-0.15, -0.1) is 0 Å². The second-order valence-electron chi connectivity index (χ2n) is 4.35. The van der Waals surface area contributed by atoms with Crippen molar-refractivity contribution in [1.82, 2.24) is 0 Å². The van der Waals surface area contributed by atoms with Crippen molar-refractivity contribution >= 4 is 22.4 Å². The molecule has 0 aliphatic heterocycles. The Morgan fingerprint density at radius 2 is 1.43 bits per heavy atom. The van der Waals surface area contributed by atoms with Crippen LogP contribution in [0.15, 0.2) is 12.2 Å². The molecule has 0 aromatic heterocycles. The maximum atomic E-state index is 11.3. The fraction of sp³-hybridized carbons (Fsp3) is 0.750. The Morgan fingerprint density at radius 3 is 1.76 bits per heavy atom. The van der Waals surface area contributed by atoms with Crippen molar-refractivity contribution in [3.8, 4) is 0 Å². The molecule has 0 aliphatic rings. The van der Waals surface area contributed by atoms with Crippen molar-refractivity contribution in [2.75, 3.05) is 42.2 Å². The van der Waals surface area contributed by atoms with Gasteiger partial charge in [-0.05, 0) is 19.4 Å². The number of carbonyl (C=O) groups excluding carboxylic acids is 1. The third kappa shape index (κ3) is 4.71. The first-order valence-electron chi connectivity index (χ1n) is 6.47. The van der Waals surface area contributed by atoms with Crippen molar-refractivity contribution in [2.45, 2.75) is 19.4 Å². The first-order valence-corrected chi connectivity index (χ1v) is 11.2. The molecule has 9 heteroatoms. The fourth-order valence-corrected chi connectivity index (χ4v) is 11.2. The van der Waals surface area contributed by atoms with E-state index in [1.807, 2.05) is 0 Å². The molecule has 0 aromatic carbocycles. The third-order valence-corrected chi connectivity index (χ3v) is 14.7. The van der Waals surface area contributed by atoms with Gasteiger partial charge in [0, 0.05) is 41.1 Å². The molecule has 0 spiro atoms. The minimum atomic E-state index is -3.06. The summed E-state index contributed by atoms with van der Waals surface area (Å²) < 4.78 is 32.8. The largest absolute Gasteiger partial charge is 0.538 e. The van der Waals surface area contributed by atoms with Crippen LogP contribution in [0, 0.1) is 0 Å². The van der Waals surface area contributed by atoms with Gasteiger partial charge in [0.1, 0.15) is 0 Å². The van der Waals surface area contributed by atoms with Gasteiger partial charge in [0.15, 0.2) is 0 Å². The lowest BCUT2D eigenvalue weighted by molar-refractivity contribution is -0.138. The van der Waals surface area contributed by atoms with E-state index in [0.29, 0.717) is 18.0 Å². The molecule has 0 atom stereocenters. The van der Waals surface area contributed by atoms with Gasteiger partial charge >= 0.3 is 22.4 Å². The Kier molecular flexibility index (Phi) is 9.21. The molecule has 0 saturated heterocycles. The Morgan fingerprint density at radius 1 is 0.952 bits per heavy atom. The van der Waals surface area contributed by atoms with Crippen molar-refractivity contribution in [3.63, 3.8) is 0 Å². The molecule has 0 fully saturated rings. The molecule has 0 aromatic rings. The standard InChI is InChI=1S/C12H26O7Si2/c1-11(2)12(13)19-9-8-10-20(14-3,15-4)21(16-5,17-6)18-7/h1,8-10H2,2-7H3. The van der Waals surface area contributed by atoms with Crippen molar-refractivity contribution in [3.05, 3.63) is 12.2 Å². The van der Waals surface area contributed by atoms with Gasteiger partial charge in [0.2, 0.25) is 0 Å². The summed E-state index contributed by atoms with van der Waals surface area (Å²) in [5.41, 5.74) is 0.367. The Balaban J connectivity index is 4.82. The monoisotopic (exact) mass is 338 g/mol. The summed E-state index contributed by atoms with van der Waals surface area (Å²) in [7, 11) is 1.72. The van der Waals surface area contributed by atoms with E-state index in [2.05, 4.69) is 6.58 Å². The average Bonchev–Trinajstić information content (AvgIpc) is 2.50. The van der Waals surface area contributed by atoms with Gasteiger partial charge in [-0.3, -0.25) is 0 Å². The predicted molar refractivity (Wildman–Crippen MR) is 81.8 cm³/mol. The maximum absolute atomic E-state index is 11.3. The first kappa shape index (κ1) is 20.4. The van der Waals surface area contributed by atoms with Crippen LogP contribution in [-0.2, 0) is 31.7 Å².